The molecule has 0 aromatic carbocycles. The minimum Gasteiger partial charge on any atom is -0.378 e. The fourth-order valence-corrected chi connectivity index (χ4v) is 2.08. The van der Waals surface area contributed by atoms with Gasteiger partial charge < -0.3 is 10.1 Å². The van der Waals surface area contributed by atoms with Crippen LogP contribution >= 0.6 is 0 Å². The number of hydrogen-bond donors (Lipinski definition) is 1. The zero-order valence-corrected chi connectivity index (χ0v) is 10.0. The van der Waals surface area contributed by atoms with E-state index in [-0.39, 0.29) is 0 Å². The van der Waals surface area contributed by atoms with E-state index in [0.717, 1.165) is 38.5 Å². The van der Waals surface area contributed by atoms with E-state index in [0.29, 0.717) is 6.04 Å². The molecule has 0 bridgehead atoms. The predicted molar refractivity (Wildman–Crippen MR) is 62.2 cm³/mol. The lowest BCUT2D eigenvalue weighted by Crippen LogP contribution is -2.49. The van der Waals surface area contributed by atoms with Crippen molar-refractivity contribution in [3.8, 4) is 0 Å². The van der Waals surface area contributed by atoms with Crippen molar-refractivity contribution in [1.29, 1.82) is 0 Å². The summed E-state index contributed by atoms with van der Waals surface area (Å²) in [6, 6.07) is 2.53. The third-order valence-corrected chi connectivity index (χ3v) is 2.92. The van der Waals surface area contributed by atoms with Crippen LogP contribution in [0.15, 0.2) is 12.3 Å². The van der Waals surface area contributed by atoms with E-state index in [1.807, 2.05) is 25.0 Å². The molecule has 1 aromatic rings. The molecule has 0 radical (unpaired) electrons. The minimum absolute atomic E-state index is 0.459. The van der Waals surface area contributed by atoms with Gasteiger partial charge in [-0.1, -0.05) is 0 Å². The van der Waals surface area contributed by atoms with Gasteiger partial charge in [-0.25, -0.2) is 0 Å². The van der Waals surface area contributed by atoms with Gasteiger partial charge in [-0.3, -0.25) is 9.58 Å². The van der Waals surface area contributed by atoms with Gasteiger partial charge in [0.15, 0.2) is 0 Å². The summed E-state index contributed by atoms with van der Waals surface area (Å²) in [5.41, 5.74) is 1.13. The fourth-order valence-electron chi connectivity index (χ4n) is 2.08. The molecular weight excluding hydrogens is 204 g/mol. The van der Waals surface area contributed by atoms with Crippen LogP contribution in [-0.4, -0.2) is 54.1 Å². The molecule has 16 heavy (non-hydrogen) atoms. The maximum Gasteiger partial charge on any atom is 0.0764 e. The summed E-state index contributed by atoms with van der Waals surface area (Å²) < 4.78 is 7.35. The molecule has 1 atom stereocenters. The van der Waals surface area contributed by atoms with Gasteiger partial charge >= 0.3 is 0 Å². The molecule has 1 saturated heterocycles. The Hall–Kier alpha value is -0.910. The summed E-state index contributed by atoms with van der Waals surface area (Å²) in [6.45, 7) is 4.51. The maximum absolute atomic E-state index is 5.50. The highest BCUT2D eigenvalue weighted by molar-refractivity contribution is 4.99. The first-order valence-electron chi connectivity index (χ1n) is 5.74. The molecule has 1 unspecified atom stereocenters. The molecule has 1 N–H and O–H groups in total. The molecule has 0 amide bonds. The molecule has 1 aliphatic heterocycles. The van der Waals surface area contributed by atoms with E-state index in [1.165, 1.54) is 0 Å². The second-order valence-electron chi connectivity index (χ2n) is 4.24. The number of hydrogen-bond acceptors (Lipinski definition) is 4. The van der Waals surface area contributed by atoms with Crippen LogP contribution in [0.1, 0.15) is 5.69 Å². The Kier molecular flexibility index (Phi) is 3.93. The van der Waals surface area contributed by atoms with Gasteiger partial charge in [-0.2, -0.15) is 5.10 Å². The van der Waals surface area contributed by atoms with Gasteiger partial charge in [0, 0.05) is 38.9 Å². The third kappa shape index (κ3) is 2.81. The van der Waals surface area contributed by atoms with Crippen molar-refractivity contribution in [2.75, 3.05) is 33.4 Å². The van der Waals surface area contributed by atoms with Crippen molar-refractivity contribution < 1.29 is 4.74 Å². The quantitative estimate of drug-likeness (QED) is 0.772. The Balaban J connectivity index is 1.95. The van der Waals surface area contributed by atoms with Gasteiger partial charge in [0.1, 0.15) is 0 Å². The van der Waals surface area contributed by atoms with E-state index < -0.39 is 0 Å². The summed E-state index contributed by atoms with van der Waals surface area (Å²) in [7, 11) is 3.93. The van der Waals surface area contributed by atoms with Crippen molar-refractivity contribution in [2.45, 2.75) is 12.6 Å². The number of likely N-dealkylation sites (N-methyl/N-ethyl adjacent to an activating group) is 1. The highest BCUT2D eigenvalue weighted by Crippen LogP contribution is 2.10. The lowest BCUT2D eigenvalue weighted by Gasteiger charge is -2.34. The molecule has 1 aromatic heterocycles. The molecule has 1 aliphatic rings. The zero-order valence-electron chi connectivity index (χ0n) is 10.0. The normalized spacial score (nSPS) is 22.5. The maximum atomic E-state index is 5.50. The first-order valence-corrected chi connectivity index (χ1v) is 5.74. The molecule has 0 aliphatic carbocycles. The van der Waals surface area contributed by atoms with Crippen molar-refractivity contribution in [2.24, 2.45) is 7.05 Å². The van der Waals surface area contributed by atoms with Crippen LogP contribution in [0, 0.1) is 0 Å². The standard InChI is InChI=1S/C11H20N4O/c1-12-7-11-9-16-6-5-15(11)8-10-3-4-14(2)13-10/h3-4,11-12H,5-9H2,1-2H3. The van der Waals surface area contributed by atoms with Crippen LogP contribution in [0.2, 0.25) is 0 Å². The SMILES string of the molecule is CNCC1COCCN1Cc1ccn(C)n1. The highest BCUT2D eigenvalue weighted by Gasteiger charge is 2.22. The van der Waals surface area contributed by atoms with Crippen LogP contribution in [-0.2, 0) is 18.3 Å². The zero-order chi connectivity index (χ0) is 11.4. The third-order valence-electron chi connectivity index (χ3n) is 2.92. The molecule has 1 fully saturated rings. The van der Waals surface area contributed by atoms with Gasteiger partial charge in [-0.05, 0) is 13.1 Å². The van der Waals surface area contributed by atoms with Gasteiger partial charge in [0.25, 0.3) is 0 Å². The van der Waals surface area contributed by atoms with Crippen molar-refractivity contribution in [3.63, 3.8) is 0 Å². The second-order valence-corrected chi connectivity index (χ2v) is 4.24. The van der Waals surface area contributed by atoms with Gasteiger partial charge in [0.2, 0.25) is 0 Å². The fraction of sp³-hybridized carbons (Fsp3) is 0.727. The predicted octanol–water partition coefficient (Wildman–Crippen LogP) is -0.160. The van der Waals surface area contributed by atoms with Gasteiger partial charge in [-0.15, -0.1) is 0 Å². The van der Waals surface area contributed by atoms with Crippen LogP contribution in [0.5, 0.6) is 0 Å². The van der Waals surface area contributed by atoms with E-state index in [1.54, 1.807) is 0 Å². The van der Waals surface area contributed by atoms with E-state index in [2.05, 4.69) is 21.4 Å². The summed E-state index contributed by atoms with van der Waals surface area (Å²) in [4.78, 5) is 2.43. The molecule has 0 saturated carbocycles. The molecular formula is C11H20N4O. The summed E-state index contributed by atoms with van der Waals surface area (Å²) >= 11 is 0. The Morgan fingerprint density at radius 1 is 1.62 bits per heavy atom. The Labute approximate surface area is 96.4 Å². The molecule has 5 nitrogen and oxygen atoms in total. The monoisotopic (exact) mass is 224 g/mol. The number of morpholine rings is 1. The summed E-state index contributed by atoms with van der Waals surface area (Å²) in [5.74, 6) is 0. The number of nitrogens with zero attached hydrogens (tertiary/aromatic N) is 3. The molecule has 90 valence electrons. The molecule has 5 heteroatoms. The van der Waals surface area contributed by atoms with Crippen LogP contribution < -0.4 is 5.32 Å². The van der Waals surface area contributed by atoms with Crippen molar-refractivity contribution in [3.05, 3.63) is 18.0 Å². The summed E-state index contributed by atoms with van der Waals surface area (Å²) in [6.07, 6.45) is 1.99. The van der Waals surface area contributed by atoms with Crippen LogP contribution in [0.3, 0.4) is 0 Å². The second kappa shape index (κ2) is 5.43. The Bertz CT molecular complexity index is 324. The molecule has 0 spiro atoms. The number of rotatable bonds is 4. The topological polar surface area (TPSA) is 42.3 Å². The Morgan fingerprint density at radius 2 is 2.50 bits per heavy atom. The average Bonchev–Trinajstić information content (AvgIpc) is 2.67. The molecule has 2 rings (SSSR count). The van der Waals surface area contributed by atoms with Crippen molar-refractivity contribution in [1.82, 2.24) is 20.0 Å². The number of ether oxygens (including phenoxy) is 1. The smallest absolute Gasteiger partial charge is 0.0764 e. The van der Waals surface area contributed by atoms with Crippen LogP contribution in [0.4, 0.5) is 0 Å². The number of nitrogens with one attached hydrogen (secondary N) is 1. The van der Waals surface area contributed by atoms with E-state index >= 15 is 0 Å². The molecule has 2 heterocycles. The largest absolute Gasteiger partial charge is 0.378 e. The van der Waals surface area contributed by atoms with Gasteiger partial charge in [0.05, 0.1) is 18.9 Å². The highest BCUT2D eigenvalue weighted by atomic mass is 16.5. The Morgan fingerprint density at radius 3 is 3.19 bits per heavy atom. The first kappa shape index (κ1) is 11.6. The van der Waals surface area contributed by atoms with Crippen LogP contribution in [0.25, 0.3) is 0 Å². The number of aromatic nitrogens is 2. The lowest BCUT2D eigenvalue weighted by molar-refractivity contribution is -0.0109. The summed E-state index contributed by atoms with van der Waals surface area (Å²) in [5, 5.41) is 7.62. The van der Waals surface area contributed by atoms with Crippen molar-refractivity contribution >= 4 is 0 Å². The van der Waals surface area contributed by atoms with E-state index in [4.69, 9.17) is 4.74 Å². The minimum atomic E-state index is 0.459. The lowest BCUT2D eigenvalue weighted by atomic mass is 10.2. The number of aryl methyl sites for hydroxylation is 1. The first-order chi connectivity index (χ1) is 7.79. The van der Waals surface area contributed by atoms with E-state index in [9.17, 15) is 0 Å². The average molecular weight is 224 g/mol.